The van der Waals surface area contributed by atoms with Crippen LogP contribution in [0.2, 0.25) is 0 Å². The van der Waals surface area contributed by atoms with E-state index in [1.165, 1.54) is 5.56 Å². The average molecular weight is 260 g/mol. The Bertz CT molecular complexity index is 444. The molecule has 2 N–H and O–H groups in total. The Balaban J connectivity index is 1.90. The lowest BCUT2D eigenvalue weighted by atomic mass is 9.95. The quantitative estimate of drug-likeness (QED) is 0.874. The Morgan fingerprint density at radius 3 is 2.74 bits per heavy atom. The molecule has 0 bridgehead atoms. The second-order valence-electron chi connectivity index (χ2n) is 5.71. The summed E-state index contributed by atoms with van der Waals surface area (Å²) in [5, 5.41) is 6.66. The summed E-state index contributed by atoms with van der Waals surface area (Å²) in [7, 11) is 0. The Hall–Kier alpha value is -1.35. The van der Waals surface area contributed by atoms with Crippen LogP contribution in [0.5, 0.6) is 0 Å². The number of amides is 1. The molecule has 3 unspecified atom stereocenters. The van der Waals surface area contributed by atoms with Crippen molar-refractivity contribution in [1.82, 2.24) is 10.6 Å². The lowest BCUT2D eigenvalue weighted by molar-refractivity contribution is -0.121. The molecule has 1 heterocycles. The molecular formula is C16H24N2O. The normalized spacial score (nSPS) is 27.0. The number of carbonyl (C=O) groups is 1. The van der Waals surface area contributed by atoms with Crippen LogP contribution in [0.1, 0.15) is 37.8 Å². The van der Waals surface area contributed by atoms with Crippen molar-refractivity contribution in [3.8, 4) is 0 Å². The van der Waals surface area contributed by atoms with E-state index < -0.39 is 0 Å². The maximum Gasteiger partial charge on any atom is 0.224 e. The third-order valence-electron chi connectivity index (χ3n) is 4.02. The van der Waals surface area contributed by atoms with Gasteiger partial charge in [-0.2, -0.15) is 0 Å². The summed E-state index contributed by atoms with van der Waals surface area (Å²) in [6.45, 7) is 6.39. The number of piperidine rings is 1. The first-order chi connectivity index (χ1) is 9.06. The summed E-state index contributed by atoms with van der Waals surface area (Å²) in [5.41, 5.74) is 2.30. The lowest BCUT2D eigenvalue weighted by Crippen LogP contribution is -2.55. The number of nitrogens with one attached hydrogen (secondary N) is 2. The molecule has 104 valence electrons. The number of rotatable bonds is 3. The largest absolute Gasteiger partial charge is 0.352 e. The standard InChI is InChI=1S/C16H24N2O/c1-11-6-4-5-7-14(11)10-16(19)18-15-9-8-12(2)17-13(15)3/h4-7,12-13,15,17H,8-10H2,1-3H3,(H,18,19). The predicted octanol–water partition coefficient (Wildman–Crippen LogP) is 2.18. The van der Waals surface area contributed by atoms with Gasteiger partial charge in [0.2, 0.25) is 5.91 Å². The van der Waals surface area contributed by atoms with Crippen molar-refractivity contribution >= 4 is 5.91 Å². The van der Waals surface area contributed by atoms with E-state index in [4.69, 9.17) is 0 Å². The van der Waals surface area contributed by atoms with Gasteiger partial charge in [0.15, 0.2) is 0 Å². The zero-order chi connectivity index (χ0) is 13.8. The van der Waals surface area contributed by atoms with Gasteiger partial charge in [0, 0.05) is 18.1 Å². The molecule has 1 saturated heterocycles. The van der Waals surface area contributed by atoms with Crippen molar-refractivity contribution in [2.45, 2.75) is 58.2 Å². The predicted molar refractivity (Wildman–Crippen MR) is 78.1 cm³/mol. The van der Waals surface area contributed by atoms with Gasteiger partial charge < -0.3 is 10.6 Å². The second kappa shape index (κ2) is 6.20. The fourth-order valence-electron chi connectivity index (χ4n) is 2.76. The minimum atomic E-state index is 0.127. The van der Waals surface area contributed by atoms with E-state index in [1.54, 1.807) is 0 Å². The van der Waals surface area contributed by atoms with Crippen LogP contribution < -0.4 is 10.6 Å². The van der Waals surface area contributed by atoms with Crippen molar-refractivity contribution < 1.29 is 4.79 Å². The van der Waals surface area contributed by atoms with Crippen LogP contribution in [0.4, 0.5) is 0 Å². The lowest BCUT2D eigenvalue weighted by Gasteiger charge is -2.34. The summed E-state index contributed by atoms with van der Waals surface area (Å²) in [6.07, 6.45) is 2.67. The van der Waals surface area contributed by atoms with Crippen molar-refractivity contribution in [2.24, 2.45) is 0 Å². The first-order valence-electron chi connectivity index (χ1n) is 7.16. The molecule has 2 rings (SSSR count). The Labute approximate surface area is 115 Å². The van der Waals surface area contributed by atoms with Gasteiger partial charge >= 0.3 is 0 Å². The zero-order valence-corrected chi connectivity index (χ0v) is 12.1. The molecule has 0 radical (unpaired) electrons. The van der Waals surface area contributed by atoms with Crippen molar-refractivity contribution in [3.63, 3.8) is 0 Å². The molecule has 1 amide bonds. The van der Waals surface area contributed by atoms with Crippen molar-refractivity contribution in [2.75, 3.05) is 0 Å². The maximum atomic E-state index is 12.1. The van der Waals surface area contributed by atoms with E-state index in [9.17, 15) is 4.79 Å². The molecule has 3 heteroatoms. The van der Waals surface area contributed by atoms with Crippen LogP contribution >= 0.6 is 0 Å². The Kier molecular flexibility index (Phi) is 4.59. The molecule has 1 aliphatic heterocycles. The van der Waals surface area contributed by atoms with Gasteiger partial charge in [-0.15, -0.1) is 0 Å². The van der Waals surface area contributed by atoms with Gasteiger partial charge in [-0.1, -0.05) is 24.3 Å². The number of hydrogen-bond donors (Lipinski definition) is 2. The molecular weight excluding hydrogens is 236 g/mol. The zero-order valence-electron chi connectivity index (χ0n) is 12.1. The van der Waals surface area contributed by atoms with Crippen molar-refractivity contribution in [3.05, 3.63) is 35.4 Å². The highest BCUT2D eigenvalue weighted by atomic mass is 16.1. The molecule has 0 aliphatic carbocycles. The number of carbonyl (C=O) groups excluding carboxylic acids is 1. The highest BCUT2D eigenvalue weighted by Gasteiger charge is 2.25. The van der Waals surface area contributed by atoms with E-state index in [0.717, 1.165) is 18.4 Å². The minimum absolute atomic E-state index is 0.127. The molecule has 1 aromatic carbocycles. The molecule has 1 fully saturated rings. The molecule has 0 spiro atoms. The Morgan fingerprint density at radius 1 is 1.32 bits per heavy atom. The Morgan fingerprint density at radius 2 is 2.05 bits per heavy atom. The topological polar surface area (TPSA) is 41.1 Å². The number of hydrogen-bond acceptors (Lipinski definition) is 2. The van der Waals surface area contributed by atoms with E-state index in [1.807, 2.05) is 18.2 Å². The van der Waals surface area contributed by atoms with Gasteiger partial charge in [-0.25, -0.2) is 0 Å². The van der Waals surface area contributed by atoms with Crippen LogP contribution in [0, 0.1) is 6.92 Å². The third kappa shape index (κ3) is 3.80. The van der Waals surface area contributed by atoms with Crippen LogP contribution in [0.3, 0.4) is 0 Å². The molecule has 3 atom stereocenters. The molecule has 0 aromatic heterocycles. The molecule has 1 aliphatic rings. The van der Waals surface area contributed by atoms with Crippen LogP contribution in [-0.2, 0) is 11.2 Å². The maximum absolute atomic E-state index is 12.1. The van der Waals surface area contributed by atoms with Crippen LogP contribution in [0.15, 0.2) is 24.3 Å². The van der Waals surface area contributed by atoms with E-state index in [0.29, 0.717) is 18.5 Å². The molecule has 0 saturated carbocycles. The van der Waals surface area contributed by atoms with Crippen LogP contribution in [0.25, 0.3) is 0 Å². The average Bonchev–Trinajstić information content (AvgIpc) is 2.36. The van der Waals surface area contributed by atoms with Crippen LogP contribution in [-0.4, -0.2) is 24.0 Å². The van der Waals surface area contributed by atoms with E-state index >= 15 is 0 Å². The summed E-state index contributed by atoms with van der Waals surface area (Å²) in [5.74, 6) is 0.127. The number of aryl methyl sites for hydroxylation is 1. The highest BCUT2D eigenvalue weighted by Crippen LogP contribution is 2.14. The van der Waals surface area contributed by atoms with Gasteiger partial charge in [0.05, 0.1) is 6.42 Å². The van der Waals surface area contributed by atoms with Gasteiger partial charge in [0.1, 0.15) is 0 Å². The molecule has 3 nitrogen and oxygen atoms in total. The van der Waals surface area contributed by atoms with Gasteiger partial charge in [-0.3, -0.25) is 4.79 Å². The second-order valence-corrected chi connectivity index (χ2v) is 5.71. The molecule has 1 aromatic rings. The number of benzene rings is 1. The fourth-order valence-corrected chi connectivity index (χ4v) is 2.76. The monoisotopic (exact) mass is 260 g/mol. The minimum Gasteiger partial charge on any atom is -0.352 e. The smallest absolute Gasteiger partial charge is 0.224 e. The van der Waals surface area contributed by atoms with E-state index in [-0.39, 0.29) is 11.9 Å². The highest BCUT2D eigenvalue weighted by molar-refractivity contribution is 5.79. The SMILES string of the molecule is Cc1ccccc1CC(=O)NC1CCC(C)NC1C. The van der Waals surface area contributed by atoms with Crippen molar-refractivity contribution in [1.29, 1.82) is 0 Å². The summed E-state index contributed by atoms with van der Waals surface area (Å²) >= 11 is 0. The van der Waals surface area contributed by atoms with Gasteiger partial charge in [0.25, 0.3) is 0 Å². The first-order valence-corrected chi connectivity index (χ1v) is 7.16. The molecule has 19 heavy (non-hydrogen) atoms. The summed E-state index contributed by atoms with van der Waals surface area (Å²) in [6, 6.07) is 9.24. The first kappa shape index (κ1) is 14.1. The summed E-state index contributed by atoms with van der Waals surface area (Å²) < 4.78 is 0. The van der Waals surface area contributed by atoms with E-state index in [2.05, 4.69) is 37.5 Å². The fraction of sp³-hybridized carbons (Fsp3) is 0.562. The van der Waals surface area contributed by atoms with Gasteiger partial charge in [-0.05, 0) is 44.7 Å². The third-order valence-corrected chi connectivity index (χ3v) is 4.02. The summed E-state index contributed by atoms with van der Waals surface area (Å²) in [4.78, 5) is 12.1.